The number of nitrogens with zero attached hydrogens (tertiary/aromatic N) is 1. The lowest BCUT2D eigenvalue weighted by atomic mass is 9.52. The first-order valence-corrected chi connectivity index (χ1v) is 5.52. The monoisotopic (exact) mass is 189 g/mol. The van der Waals surface area contributed by atoms with Crippen molar-refractivity contribution < 1.29 is 5.11 Å². The fourth-order valence-corrected chi connectivity index (χ4v) is 4.09. The Morgan fingerprint density at radius 3 is 2.43 bits per heavy atom. The van der Waals surface area contributed by atoms with Crippen LogP contribution in [0.5, 0.6) is 0 Å². The maximum absolute atomic E-state index is 10.3. The van der Waals surface area contributed by atoms with E-state index in [4.69, 9.17) is 5.26 Å². The maximum atomic E-state index is 10.3. The molecule has 0 saturated heterocycles. The molecule has 4 aliphatic carbocycles. The molecule has 4 saturated carbocycles. The summed E-state index contributed by atoms with van der Waals surface area (Å²) in [5, 5.41) is 19.0. The van der Waals surface area contributed by atoms with Crippen molar-refractivity contribution in [1.29, 1.82) is 5.26 Å². The zero-order chi connectivity index (χ0) is 9.76. The van der Waals surface area contributed by atoms with Crippen molar-refractivity contribution >= 4 is 0 Å². The zero-order valence-corrected chi connectivity index (χ0v) is 8.24. The molecule has 2 atom stereocenters. The summed E-state index contributed by atoms with van der Waals surface area (Å²) in [5.41, 5.74) is 0.969. The molecule has 2 heteroatoms. The number of allylic oxidation sites excluding steroid dienone is 2. The molecule has 0 aromatic carbocycles. The summed E-state index contributed by atoms with van der Waals surface area (Å²) in [7, 11) is 0. The molecule has 0 aromatic heterocycles. The zero-order valence-electron chi connectivity index (χ0n) is 8.24. The highest BCUT2D eigenvalue weighted by Gasteiger charge is 2.52. The van der Waals surface area contributed by atoms with Gasteiger partial charge in [0.2, 0.25) is 0 Å². The number of nitriles is 1. The predicted molar refractivity (Wildman–Crippen MR) is 52.2 cm³/mol. The van der Waals surface area contributed by atoms with Crippen molar-refractivity contribution in [3.05, 3.63) is 11.6 Å². The summed E-state index contributed by atoms with van der Waals surface area (Å²) in [6.07, 6.45) is 7.01. The van der Waals surface area contributed by atoms with Crippen LogP contribution < -0.4 is 0 Å². The first-order valence-electron chi connectivity index (χ1n) is 5.52. The van der Waals surface area contributed by atoms with Gasteiger partial charge < -0.3 is 5.11 Å². The van der Waals surface area contributed by atoms with Crippen molar-refractivity contribution in [1.82, 2.24) is 0 Å². The molecule has 2 unspecified atom stereocenters. The second-order valence-corrected chi connectivity index (χ2v) is 5.34. The Labute approximate surface area is 84.2 Å². The first-order chi connectivity index (χ1) is 6.70. The normalized spacial score (nSPS) is 49.1. The van der Waals surface area contributed by atoms with Crippen molar-refractivity contribution in [2.24, 2.45) is 17.8 Å². The summed E-state index contributed by atoms with van der Waals surface area (Å²) in [6, 6.07) is 2.16. The topological polar surface area (TPSA) is 44.0 Å². The molecule has 74 valence electrons. The fraction of sp³-hybridized carbons (Fsp3) is 0.750. The van der Waals surface area contributed by atoms with Crippen LogP contribution in [0.4, 0.5) is 0 Å². The lowest BCUT2D eigenvalue weighted by molar-refractivity contribution is -0.0998. The van der Waals surface area contributed by atoms with Gasteiger partial charge in [0.05, 0.1) is 11.7 Å². The van der Waals surface area contributed by atoms with Gasteiger partial charge in [-0.25, -0.2) is 0 Å². The molecule has 0 spiro atoms. The Balaban J connectivity index is 1.97. The van der Waals surface area contributed by atoms with Gasteiger partial charge in [-0.05, 0) is 49.9 Å². The average molecular weight is 189 g/mol. The Kier molecular flexibility index (Phi) is 1.58. The van der Waals surface area contributed by atoms with Crippen LogP contribution in [0.25, 0.3) is 0 Å². The minimum Gasteiger partial charge on any atom is -0.390 e. The highest BCUT2D eigenvalue weighted by atomic mass is 16.3. The van der Waals surface area contributed by atoms with E-state index in [1.807, 2.05) is 0 Å². The quantitative estimate of drug-likeness (QED) is 0.592. The van der Waals surface area contributed by atoms with Gasteiger partial charge in [0.25, 0.3) is 0 Å². The Morgan fingerprint density at radius 2 is 1.93 bits per heavy atom. The fourth-order valence-electron chi connectivity index (χ4n) is 4.09. The molecule has 0 aromatic rings. The lowest BCUT2D eigenvalue weighted by Gasteiger charge is -2.55. The molecule has 0 heterocycles. The standard InChI is InChI=1S/C12H15NO/c13-2-1-11-9-3-8-4-10(11)7-12(14,5-8)6-9/h1,8-10,14H,3-7H2. The van der Waals surface area contributed by atoms with E-state index >= 15 is 0 Å². The molecule has 0 radical (unpaired) electrons. The number of rotatable bonds is 0. The molecule has 0 amide bonds. The second kappa shape index (κ2) is 2.61. The molecule has 4 rings (SSSR count). The predicted octanol–water partition coefficient (Wildman–Crippen LogP) is 2.01. The van der Waals surface area contributed by atoms with Crippen molar-refractivity contribution in [3.8, 4) is 6.07 Å². The van der Waals surface area contributed by atoms with Crippen LogP contribution in [-0.2, 0) is 0 Å². The summed E-state index contributed by atoms with van der Waals surface area (Å²) in [5.74, 6) is 1.77. The first kappa shape index (κ1) is 8.49. The highest BCUT2D eigenvalue weighted by Crippen LogP contribution is 2.57. The highest BCUT2D eigenvalue weighted by molar-refractivity contribution is 5.27. The molecular formula is C12H15NO. The summed E-state index contributed by atoms with van der Waals surface area (Å²) < 4.78 is 0. The molecule has 4 fully saturated rings. The van der Waals surface area contributed by atoms with E-state index in [-0.39, 0.29) is 5.60 Å². The molecular weight excluding hydrogens is 174 g/mol. The van der Waals surface area contributed by atoms with Gasteiger partial charge in [-0.2, -0.15) is 5.26 Å². The van der Waals surface area contributed by atoms with Crippen LogP contribution in [0.15, 0.2) is 11.6 Å². The van der Waals surface area contributed by atoms with E-state index in [1.54, 1.807) is 6.08 Å². The van der Waals surface area contributed by atoms with E-state index in [2.05, 4.69) is 6.07 Å². The van der Waals surface area contributed by atoms with Gasteiger partial charge in [-0.15, -0.1) is 0 Å². The van der Waals surface area contributed by atoms with Gasteiger partial charge >= 0.3 is 0 Å². The molecule has 14 heavy (non-hydrogen) atoms. The number of aliphatic hydroxyl groups is 1. The van der Waals surface area contributed by atoms with Crippen LogP contribution in [-0.4, -0.2) is 10.7 Å². The van der Waals surface area contributed by atoms with Crippen LogP contribution >= 0.6 is 0 Å². The van der Waals surface area contributed by atoms with Gasteiger partial charge in [0.1, 0.15) is 0 Å². The molecule has 0 aliphatic heterocycles. The maximum Gasteiger partial charge on any atom is 0.0911 e. The molecule has 4 bridgehead atoms. The summed E-state index contributed by atoms with van der Waals surface area (Å²) in [4.78, 5) is 0. The van der Waals surface area contributed by atoms with Crippen molar-refractivity contribution in [3.63, 3.8) is 0 Å². The Morgan fingerprint density at radius 1 is 1.29 bits per heavy atom. The number of hydrogen-bond acceptors (Lipinski definition) is 2. The SMILES string of the molecule is N#CC=C1C2CC3CC1CC(O)(C3)C2. The smallest absolute Gasteiger partial charge is 0.0911 e. The van der Waals surface area contributed by atoms with E-state index < -0.39 is 0 Å². The van der Waals surface area contributed by atoms with Crippen molar-refractivity contribution in [2.75, 3.05) is 0 Å². The van der Waals surface area contributed by atoms with E-state index in [0.717, 1.165) is 25.2 Å². The van der Waals surface area contributed by atoms with Gasteiger partial charge in [-0.1, -0.05) is 5.57 Å². The van der Waals surface area contributed by atoms with Gasteiger partial charge in [0.15, 0.2) is 0 Å². The summed E-state index contributed by atoms with van der Waals surface area (Å²) in [6.45, 7) is 0. The van der Waals surface area contributed by atoms with Gasteiger partial charge in [-0.3, -0.25) is 0 Å². The van der Waals surface area contributed by atoms with Crippen LogP contribution in [0.3, 0.4) is 0 Å². The molecule has 1 N–H and O–H groups in total. The van der Waals surface area contributed by atoms with E-state index in [0.29, 0.717) is 11.8 Å². The van der Waals surface area contributed by atoms with Crippen LogP contribution in [0.1, 0.15) is 32.1 Å². The van der Waals surface area contributed by atoms with Crippen LogP contribution in [0.2, 0.25) is 0 Å². The average Bonchev–Trinajstić information content (AvgIpc) is 2.08. The number of hydrogen-bond donors (Lipinski definition) is 1. The van der Waals surface area contributed by atoms with Crippen molar-refractivity contribution in [2.45, 2.75) is 37.7 Å². The third kappa shape index (κ3) is 1.05. The largest absolute Gasteiger partial charge is 0.390 e. The minimum atomic E-state index is -0.372. The summed E-state index contributed by atoms with van der Waals surface area (Å²) >= 11 is 0. The molecule has 4 aliphatic rings. The lowest BCUT2D eigenvalue weighted by Crippen LogP contribution is -2.51. The Bertz CT molecular complexity index is 321. The second-order valence-electron chi connectivity index (χ2n) is 5.34. The third-order valence-electron chi connectivity index (χ3n) is 4.33. The molecule has 2 nitrogen and oxygen atoms in total. The van der Waals surface area contributed by atoms with Crippen LogP contribution in [0, 0.1) is 29.1 Å². The third-order valence-corrected chi connectivity index (χ3v) is 4.33. The Hall–Kier alpha value is -0.810. The van der Waals surface area contributed by atoms with E-state index in [1.165, 1.54) is 18.4 Å². The minimum absolute atomic E-state index is 0.372. The van der Waals surface area contributed by atoms with E-state index in [9.17, 15) is 5.11 Å². The van der Waals surface area contributed by atoms with Gasteiger partial charge in [0, 0.05) is 6.08 Å².